The number of nitrogens with one attached hydrogen (secondary N) is 1. The van der Waals surface area contributed by atoms with Crippen molar-refractivity contribution in [3.8, 4) is 0 Å². The van der Waals surface area contributed by atoms with Crippen LogP contribution in [0.25, 0.3) is 0 Å². The van der Waals surface area contributed by atoms with Crippen molar-refractivity contribution < 1.29 is 18.3 Å². The molecule has 0 aliphatic carbocycles. The maximum Gasteiger partial charge on any atom is 0.252 e. The molecule has 0 saturated carbocycles. The van der Waals surface area contributed by atoms with Gasteiger partial charge in [-0.05, 0) is 17.5 Å². The van der Waals surface area contributed by atoms with Crippen LogP contribution in [0.1, 0.15) is 17.8 Å². The van der Waals surface area contributed by atoms with Gasteiger partial charge in [-0.3, -0.25) is 9.48 Å². The first kappa shape index (κ1) is 18.1. The van der Waals surface area contributed by atoms with Crippen LogP contribution in [0, 0.1) is 0 Å². The SMILES string of the molecule is O=C(CCc1cc2n(n1)CCN(S(=O)(=O)c1cccs1)C2)NCCO. The zero-order chi connectivity index (χ0) is 17.9. The van der Waals surface area contributed by atoms with Crippen molar-refractivity contribution in [2.75, 3.05) is 19.7 Å². The van der Waals surface area contributed by atoms with Crippen molar-refractivity contribution in [1.82, 2.24) is 19.4 Å². The first-order valence-electron chi connectivity index (χ1n) is 7.97. The molecule has 0 saturated heterocycles. The second kappa shape index (κ2) is 7.65. The monoisotopic (exact) mass is 384 g/mol. The molecule has 3 rings (SSSR count). The van der Waals surface area contributed by atoms with Crippen molar-refractivity contribution in [2.45, 2.75) is 30.1 Å². The van der Waals surface area contributed by atoms with Crippen molar-refractivity contribution in [2.24, 2.45) is 0 Å². The highest BCUT2D eigenvalue weighted by Gasteiger charge is 2.29. The number of aromatic nitrogens is 2. The van der Waals surface area contributed by atoms with Gasteiger partial charge in [0.15, 0.2) is 0 Å². The minimum Gasteiger partial charge on any atom is -0.395 e. The molecule has 8 nitrogen and oxygen atoms in total. The Balaban J connectivity index is 1.64. The lowest BCUT2D eigenvalue weighted by atomic mass is 10.2. The average molecular weight is 384 g/mol. The second-order valence-electron chi connectivity index (χ2n) is 5.69. The number of carbonyl (C=O) groups excluding carboxylic acids is 1. The third-order valence-electron chi connectivity index (χ3n) is 3.94. The second-order valence-corrected chi connectivity index (χ2v) is 8.81. The lowest BCUT2D eigenvalue weighted by Gasteiger charge is -2.26. The topological polar surface area (TPSA) is 105 Å². The van der Waals surface area contributed by atoms with E-state index in [-0.39, 0.29) is 32.0 Å². The molecule has 1 amide bonds. The fourth-order valence-corrected chi connectivity index (χ4v) is 5.24. The number of hydrogen-bond acceptors (Lipinski definition) is 6. The van der Waals surface area contributed by atoms with Crippen LogP contribution in [-0.2, 0) is 34.3 Å². The van der Waals surface area contributed by atoms with Crippen LogP contribution in [-0.4, -0.2) is 53.2 Å². The largest absolute Gasteiger partial charge is 0.395 e. The van der Waals surface area contributed by atoms with Gasteiger partial charge in [-0.15, -0.1) is 11.3 Å². The Morgan fingerprint density at radius 2 is 2.24 bits per heavy atom. The van der Waals surface area contributed by atoms with Crippen LogP contribution < -0.4 is 5.32 Å². The van der Waals surface area contributed by atoms with Gasteiger partial charge < -0.3 is 10.4 Å². The van der Waals surface area contributed by atoms with Crippen LogP contribution >= 0.6 is 11.3 Å². The summed E-state index contributed by atoms with van der Waals surface area (Å²) in [5.41, 5.74) is 1.60. The number of amides is 1. The van der Waals surface area contributed by atoms with Gasteiger partial charge in [0.05, 0.1) is 31.1 Å². The number of carbonyl (C=O) groups is 1. The molecule has 0 bridgehead atoms. The Kier molecular flexibility index (Phi) is 5.52. The van der Waals surface area contributed by atoms with Gasteiger partial charge in [0.25, 0.3) is 10.0 Å². The van der Waals surface area contributed by atoms with Crippen molar-refractivity contribution in [3.05, 3.63) is 35.0 Å². The lowest BCUT2D eigenvalue weighted by molar-refractivity contribution is -0.121. The zero-order valence-corrected chi connectivity index (χ0v) is 15.2. The molecule has 0 spiro atoms. The van der Waals surface area contributed by atoms with Crippen LogP contribution in [0.4, 0.5) is 0 Å². The minimum absolute atomic E-state index is 0.0843. The van der Waals surface area contributed by atoms with E-state index in [1.165, 1.54) is 15.6 Å². The smallest absolute Gasteiger partial charge is 0.252 e. The highest BCUT2D eigenvalue weighted by Crippen LogP contribution is 2.25. The minimum atomic E-state index is -3.47. The van der Waals surface area contributed by atoms with E-state index in [0.717, 1.165) is 11.4 Å². The molecule has 1 aliphatic rings. The van der Waals surface area contributed by atoms with Gasteiger partial charge in [0.2, 0.25) is 5.91 Å². The molecule has 3 heterocycles. The number of aliphatic hydroxyl groups excluding tert-OH is 1. The Morgan fingerprint density at radius 3 is 2.96 bits per heavy atom. The number of aryl methyl sites for hydroxylation is 1. The summed E-state index contributed by atoms with van der Waals surface area (Å²) in [4.78, 5) is 11.6. The third-order valence-corrected chi connectivity index (χ3v) is 7.16. The fourth-order valence-electron chi connectivity index (χ4n) is 2.69. The van der Waals surface area contributed by atoms with Crippen LogP contribution in [0.15, 0.2) is 27.8 Å². The first-order valence-corrected chi connectivity index (χ1v) is 10.3. The molecule has 2 aromatic rings. The Labute approximate surface area is 150 Å². The number of nitrogens with zero attached hydrogens (tertiary/aromatic N) is 3. The number of aliphatic hydroxyl groups is 1. The van der Waals surface area contributed by atoms with Gasteiger partial charge in [0, 0.05) is 25.9 Å². The first-order chi connectivity index (χ1) is 12.0. The maximum absolute atomic E-state index is 12.6. The number of fused-ring (bicyclic) bond motifs is 1. The van der Waals surface area contributed by atoms with E-state index in [2.05, 4.69) is 10.4 Å². The van der Waals surface area contributed by atoms with Crippen molar-refractivity contribution >= 4 is 27.3 Å². The number of sulfonamides is 1. The van der Waals surface area contributed by atoms with Gasteiger partial charge in [-0.2, -0.15) is 9.40 Å². The van der Waals surface area contributed by atoms with E-state index in [1.54, 1.807) is 22.2 Å². The standard InChI is InChI=1S/C15H20N4O4S2/c20-8-5-16-14(21)4-3-12-10-13-11-18(6-7-19(13)17-12)25(22,23)15-2-1-9-24-15/h1-2,9-10,20H,3-8,11H2,(H,16,21). The van der Waals surface area contributed by atoms with E-state index in [0.29, 0.717) is 23.7 Å². The summed E-state index contributed by atoms with van der Waals surface area (Å²) in [6.07, 6.45) is 0.766. The van der Waals surface area contributed by atoms with E-state index in [4.69, 9.17) is 5.11 Å². The molecule has 0 radical (unpaired) electrons. The molecule has 0 aromatic carbocycles. The lowest BCUT2D eigenvalue weighted by Crippen LogP contribution is -2.38. The summed E-state index contributed by atoms with van der Waals surface area (Å²) in [6, 6.07) is 5.20. The van der Waals surface area contributed by atoms with E-state index in [9.17, 15) is 13.2 Å². The highest BCUT2D eigenvalue weighted by atomic mass is 32.2. The molecule has 136 valence electrons. The molecule has 2 aromatic heterocycles. The summed E-state index contributed by atoms with van der Waals surface area (Å²) in [5.74, 6) is -0.137. The predicted molar refractivity (Wildman–Crippen MR) is 92.6 cm³/mol. The fraction of sp³-hybridized carbons (Fsp3) is 0.467. The molecular formula is C15H20N4O4S2. The highest BCUT2D eigenvalue weighted by molar-refractivity contribution is 7.91. The Morgan fingerprint density at radius 1 is 1.40 bits per heavy atom. The molecular weight excluding hydrogens is 364 g/mol. The van der Waals surface area contributed by atoms with E-state index in [1.807, 2.05) is 6.07 Å². The molecule has 0 unspecified atom stereocenters. The maximum atomic E-state index is 12.6. The molecule has 1 aliphatic heterocycles. The normalized spacial score (nSPS) is 15.1. The van der Waals surface area contributed by atoms with E-state index < -0.39 is 10.0 Å². The summed E-state index contributed by atoms with van der Waals surface area (Å²) >= 11 is 1.21. The van der Waals surface area contributed by atoms with Crippen LogP contribution in [0.3, 0.4) is 0 Å². The van der Waals surface area contributed by atoms with Gasteiger partial charge in [-0.25, -0.2) is 8.42 Å². The summed E-state index contributed by atoms with van der Waals surface area (Å²) < 4.78 is 28.8. The average Bonchev–Trinajstić information content (AvgIpc) is 3.26. The van der Waals surface area contributed by atoms with Gasteiger partial charge in [0.1, 0.15) is 4.21 Å². The molecule has 10 heteroatoms. The van der Waals surface area contributed by atoms with E-state index >= 15 is 0 Å². The Hall–Kier alpha value is -1.75. The summed E-state index contributed by atoms with van der Waals surface area (Å²) in [6.45, 7) is 1.32. The zero-order valence-electron chi connectivity index (χ0n) is 13.6. The van der Waals surface area contributed by atoms with Crippen molar-refractivity contribution in [3.63, 3.8) is 0 Å². The summed E-state index contributed by atoms with van der Waals surface area (Å²) in [7, 11) is -3.47. The van der Waals surface area contributed by atoms with Crippen molar-refractivity contribution in [1.29, 1.82) is 0 Å². The molecule has 25 heavy (non-hydrogen) atoms. The van der Waals surface area contributed by atoms with Gasteiger partial charge in [-0.1, -0.05) is 6.07 Å². The quantitative estimate of drug-likeness (QED) is 0.709. The third kappa shape index (κ3) is 4.09. The summed E-state index contributed by atoms with van der Waals surface area (Å²) in [5, 5.41) is 17.5. The number of hydrogen-bond donors (Lipinski definition) is 2. The van der Waals surface area contributed by atoms with Crippen LogP contribution in [0.2, 0.25) is 0 Å². The number of rotatable bonds is 7. The number of thiophene rings is 1. The van der Waals surface area contributed by atoms with Crippen LogP contribution in [0.5, 0.6) is 0 Å². The molecule has 2 N–H and O–H groups in total. The predicted octanol–water partition coefficient (Wildman–Crippen LogP) is 0.190. The molecule has 0 atom stereocenters. The Bertz CT molecular complexity index is 830. The molecule has 0 fully saturated rings. The van der Waals surface area contributed by atoms with Gasteiger partial charge >= 0.3 is 0 Å².